The van der Waals surface area contributed by atoms with Gasteiger partial charge in [-0.15, -0.1) is 0 Å². The molecule has 0 fully saturated rings. The molecule has 0 atom stereocenters. The number of carbonyl (C=O) groups is 1. The van der Waals surface area contributed by atoms with Crippen LogP contribution in [0.25, 0.3) is 0 Å². The van der Waals surface area contributed by atoms with Crippen molar-refractivity contribution in [2.24, 2.45) is 0 Å². The van der Waals surface area contributed by atoms with Crippen LogP contribution in [0.2, 0.25) is 0 Å². The molecule has 0 aliphatic carbocycles. The van der Waals surface area contributed by atoms with Crippen molar-refractivity contribution in [2.45, 2.75) is 13.2 Å². The first-order chi connectivity index (χ1) is 8.29. The third-order valence-corrected chi connectivity index (χ3v) is 3.13. The number of hydrogen-bond acceptors (Lipinski definition) is 3. The second-order valence-corrected chi connectivity index (χ2v) is 4.45. The lowest BCUT2D eigenvalue weighted by molar-refractivity contribution is 0.0951. The Kier molecular flexibility index (Phi) is 3.90. The fraction of sp³-hybridized carbons (Fsp3) is 0.154. The summed E-state index contributed by atoms with van der Waals surface area (Å²) in [6.45, 7) is 0.544. The smallest absolute Gasteiger partial charge is 0.252 e. The van der Waals surface area contributed by atoms with Gasteiger partial charge < -0.3 is 10.4 Å². The highest BCUT2D eigenvalue weighted by atomic mass is 32.1. The van der Waals surface area contributed by atoms with Gasteiger partial charge >= 0.3 is 0 Å². The summed E-state index contributed by atoms with van der Waals surface area (Å²) in [6, 6.07) is 9.31. The summed E-state index contributed by atoms with van der Waals surface area (Å²) in [6.07, 6.45) is 0. The number of benzene rings is 1. The molecule has 0 radical (unpaired) electrons. The Morgan fingerprint density at radius 3 is 2.47 bits per heavy atom. The molecule has 1 aromatic heterocycles. The zero-order chi connectivity index (χ0) is 12.1. The van der Waals surface area contributed by atoms with Gasteiger partial charge in [-0.25, -0.2) is 0 Å². The number of amides is 1. The van der Waals surface area contributed by atoms with Crippen molar-refractivity contribution < 1.29 is 9.90 Å². The van der Waals surface area contributed by atoms with E-state index in [9.17, 15) is 4.79 Å². The van der Waals surface area contributed by atoms with Crippen LogP contribution in [0.4, 0.5) is 0 Å². The van der Waals surface area contributed by atoms with Crippen LogP contribution >= 0.6 is 11.3 Å². The van der Waals surface area contributed by atoms with Gasteiger partial charge in [-0.05, 0) is 22.6 Å². The van der Waals surface area contributed by atoms with E-state index in [1.54, 1.807) is 6.07 Å². The predicted octanol–water partition coefficient (Wildman–Crippen LogP) is 2.17. The number of nitrogens with one attached hydrogen (secondary N) is 1. The molecule has 0 saturated carbocycles. The maximum atomic E-state index is 11.7. The number of carbonyl (C=O) groups excluding carboxylic acids is 1. The van der Waals surface area contributed by atoms with Gasteiger partial charge in [-0.3, -0.25) is 4.79 Å². The number of aliphatic hydroxyl groups excluding tert-OH is 1. The average Bonchev–Trinajstić information content (AvgIpc) is 2.90. The Morgan fingerprint density at radius 2 is 1.88 bits per heavy atom. The summed E-state index contributed by atoms with van der Waals surface area (Å²) in [4.78, 5) is 11.7. The highest BCUT2D eigenvalue weighted by Gasteiger charge is 2.04. The van der Waals surface area contributed by atoms with E-state index in [2.05, 4.69) is 5.32 Å². The molecule has 0 aliphatic rings. The zero-order valence-electron chi connectivity index (χ0n) is 9.22. The molecule has 1 aromatic carbocycles. The fourth-order valence-electron chi connectivity index (χ4n) is 1.44. The van der Waals surface area contributed by atoms with E-state index in [0.717, 1.165) is 11.1 Å². The molecule has 0 unspecified atom stereocenters. The molecule has 3 nitrogen and oxygen atoms in total. The van der Waals surface area contributed by atoms with Crippen molar-refractivity contribution in [1.82, 2.24) is 5.32 Å². The van der Waals surface area contributed by atoms with E-state index in [4.69, 9.17) is 5.11 Å². The SMILES string of the molecule is O=C(NCc1ccc(CO)cc1)c1ccsc1. The number of rotatable bonds is 4. The van der Waals surface area contributed by atoms with Crippen LogP contribution < -0.4 is 5.32 Å². The fourth-order valence-corrected chi connectivity index (χ4v) is 2.08. The third kappa shape index (κ3) is 3.15. The van der Waals surface area contributed by atoms with Gasteiger partial charge in [0.15, 0.2) is 0 Å². The van der Waals surface area contributed by atoms with Gasteiger partial charge in [0.2, 0.25) is 0 Å². The quantitative estimate of drug-likeness (QED) is 0.870. The second kappa shape index (κ2) is 5.61. The van der Waals surface area contributed by atoms with Gasteiger partial charge in [-0.2, -0.15) is 11.3 Å². The molecule has 0 aliphatic heterocycles. The molecule has 2 N–H and O–H groups in total. The van der Waals surface area contributed by atoms with Crippen LogP contribution in [0.1, 0.15) is 21.5 Å². The van der Waals surface area contributed by atoms with E-state index in [0.29, 0.717) is 12.1 Å². The zero-order valence-corrected chi connectivity index (χ0v) is 10.0. The van der Waals surface area contributed by atoms with Gasteiger partial charge in [0.25, 0.3) is 5.91 Å². The Morgan fingerprint density at radius 1 is 1.18 bits per heavy atom. The van der Waals surface area contributed by atoms with Gasteiger partial charge in [0.05, 0.1) is 6.61 Å². The summed E-state index contributed by atoms with van der Waals surface area (Å²) in [5, 5.41) is 15.5. The lowest BCUT2D eigenvalue weighted by Crippen LogP contribution is -2.22. The lowest BCUT2D eigenvalue weighted by atomic mass is 10.1. The van der Waals surface area contributed by atoms with Crippen molar-refractivity contribution in [3.63, 3.8) is 0 Å². The minimum absolute atomic E-state index is 0.0432. The molecular formula is C13H13NO2S. The minimum Gasteiger partial charge on any atom is -0.392 e. The van der Waals surface area contributed by atoms with E-state index >= 15 is 0 Å². The molecular weight excluding hydrogens is 234 g/mol. The highest BCUT2D eigenvalue weighted by molar-refractivity contribution is 7.08. The van der Waals surface area contributed by atoms with Crippen LogP contribution in [0.15, 0.2) is 41.1 Å². The minimum atomic E-state index is -0.0579. The van der Waals surface area contributed by atoms with Gasteiger partial charge in [0.1, 0.15) is 0 Å². The van der Waals surface area contributed by atoms with E-state index in [-0.39, 0.29) is 12.5 Å². The highest BCUT2D eigenvalue weighted by Crippen LogP contribution is 2.07. The molecule has 1 heterocycles. The van der Waals surface area contributed by atoms with Crippen molar-refractivity contribution in [1.29, 1.82) is 0 Å². The molecule has 2 aromatic rings. The lowest BCUT2D eigenvalue weighted by Gasteiger charge is -2.04. The molecule has 0 spiro atoms. The molecule has 17 heavy (non-hydrogen) atoms. The average molecular weight is 247 g/mol. The number of hydrogen-bond donors (Lipinski definition) is 2. The van der Waals surface area contributed by atoms with Gasteiger partial charge in [-0.1, -0.05) is 24.3 Å². The Bertz CT molecular complexity index is 477. The summed E-state index contributed by atoms with van der Waals surface area (Å²) in [7, 11) is 0. The van der Waals surface area contributed by atoms with Crippen LogP contribution in [0.5, 0.6) is 0 Å². The van der Waals surface area contributed by atoms with E-state index in [1.165, 1.54) is 11.3 Å². The van der Waals surface area contributed by atoms with Crippen molar-refractivity contribution in [3.8, 4) is 0 Å². The first kappa shape index (κ1) is 11.8. The largest absolute Gasteiger partial charge is 0.392 e. The standard InChI is InChI=1S/C13H13NO2S/c15-8-11-3-1-10(2-4-11)7-14-13(16)12-5-6-17-9-12/h1-6,9,15H,7-8H2,(H,14,16). The number of thiophene rings is 1. The normalized spacial score (nSPS) is 10.2. The maximum absolute atomic E-state index is 11.7. The second-order valence-electron chi connectivity index (χ2n) is 3.67. The molecule has 88 valence electrons. The Balaban J connectivity index is 1.91. The first-order valence-corrected chi connectivity index (χ1v) is 6.23. The maximum Gasteiger partial charge on any atom is 0.252 e. The monoisotopic (exact) mass is 247 g/mol. The van der Waals surface area contributed by atoms with Crippen LogP contribution in [0, 0.1) is 0 Å². The topological polar surface area (TPSA) is 49.3 Å². The van der Waals surface area contributed by atoms with E-state index < -0.39 is 0 Å². The summed E-state index contributed by atoms with van der Waals surface area (Å²) >= 11 is 1.51. The van der Waals surface area contributed by atoms with Crippen LogP contribution in [0.3, 0.4) is 0 Å². The molecule has 0 bridgehead atoms. The van der Waals surface area contributed by atoms with Crippen molar-refractivity contribution in [3.05, 3.63) is 57.8 Å². The van der Waals surface area contributed by atoms with Crippen molar-refractivity contribution >= 4 is 17.2 Å². The first-order valence-electron chi connectivity index (χ1n) is 5.28. The summed E-state index contributed by atoms with van der Waals surface area (Å²) in [5.74, 6) is -0.0579. The molecule has 1 amide bonds. The Hall–Kier alpha value is -1.65. The predicted molar refractivity (Wildman–Crippen MR) is 67.9 cm³/mol. The number of aliphatic hydroxyl groups is 1. The molecule has 2 rings (SSSR count). The van der Waals surface area contributed by atoms with E-state index in [1.807, 2.05) is 35.0 Å². The molecule has 4 heteroatoms. The van der Waals surface area contributed by atoms with Crippen molar-refractivity contribution in [2.75, 3.05) is 0 Å². The van der Waals surface area contributed by atoms with Crippen LogP contribution in [-0.2, 0) is 13.2 Å². The third-order valence-electron chi connectivity index (χ3n) is 2.44. The van der Waals surface area contributed by atoms with Crippen LogP contribution in [-0.4, -0.2) is 11.0 Å². The van der Waals surface area contributed by atoms with Gasteiger partial charge in [0, 0.05) is 17.5 Å². The summed E-state index contributed by atoms with van der Waals surface area (Å²) < 4.78 is 0. The Labute approximate surface area is 104 Å². The molecule has 0 saturated heterocycles. The summed E-state index contributed by atoms with van der Waals surface area (Å²) in [5.41, 5.74) is 2.59.